The number of aromatic nitrogens is 4. The third-order valence-electron chi connectivity index (χ3n) is 6.15. The van der Waals surface area contributed by atoms with E-state index >= 15 is 0 Å². The molecule has 9 nitrogen and oxygen atoms in total. The number of imidazole rings is 1. The van der Waals surface area contributed by atoms with E-state index in [2.05, 4.69) is 25.5 Å². The van der Waals surface area contributed by atoms with Crippen molar-refractivity contribution >= 4 is 16.9 Å². The van der Waals surface area contributed by atoms with Crippen LogP contribution in [-0.2, 0) is 13.0 Å². The molecule has 176 valence electrons. The number of fused-ring (bicyclic) bond motifs is 1. The van der Waals surface area contributed by atoms with Gasteiger partial charge in [0, 0.05) is 24.7 Å². The van der Waals surface area contributed by atoms with Crippen LogP contribution in [0.4, 0.5) is 9.18 Å². The number of aryl methyl sites for hydroxylation is 1. The largest absolute Gasteiger partial charge is 0.505 e. The summed E-state index contributed by atoms with van der Waals surface area (Å²) in [4.78, 5) is 21.5. The number of phenolic OH excluding ortho intramolecular Hbond substituents is 1. The van der Waals surface area contributed by atoms with Crippen molar-refractivity contribution in [3.63, 3.8) is 0 Å². The van der Waals surface area contributed by atoms with E-state index in [-0.39, 0.29) is 18.3 Å². The monoisotopic (exact) mass is 464 g/mol. The zero-order valence-electron chi connectivity index (χ0n) is 18.6. The van der Waals surface area contributed by atoms with Crippen LogP contribution in [0.5, 0.6) is 5.75 Å². The molecule has 2 amide bonds. The molecule has 2 aromatic carbocycles. The molecule has 0 aliphatic carbocycles. The van der Waals surface area contributed by atoms with Crippen LogP contribution >= 0.6 is 0 Å². The molecule has 3 heterocycles. The van der Waals surface area contributed by atoms with Crippen LogP contribution in [0, 0.1) is 5.82 Å². The number of aliphatic hydroxyl groups is 1. The van der Waals surface area contributed by atoms with Gasteiger partial charge in [0.05, 0.1) is 23.9 Å². The van der Waals surface area contributed by atoms with Gasteiger partial charge in [-0.15, -0.1) is 0 Å². The number of amides is 2. The standard InChI is InChI=1S/C24H25FN6O3/c1-2-13-8-21(33)19(25)9-18(13)14-3-4-17-20(7-14)29-30-22(17)23-26-10-15(28-23)11-27-24(34)31-6-5-16(32)12-31/h3-4,7-10,16,32-33H,2,5-6,11-12H2,1H3,(H,26,28)(H,27,34)(H,29,30)/t16-/m1/s1. The summed E-state index contributed by atoms with van der Waals surface area (Å²) in [5.74, 6) is -0.452. The quantitative estimate of drug-likeness (QED) is 0.309. The highest BCUT2D eigenvalue weighted by Crippen LogP contribution is 2.33. The molecule has 0 saturated carbocycles. The smallest absolute Gasteiger partial charge is 0.317 e. The maximum atomic E-state index is 14.0. The summed E-state index contributed by atoms with van der Waals surface area (Å²) in [5.41, 5.74) is 4.43. The van der Waals surface area contributed by atoms with E-state index in [1.807, 2.05) is 25.1 Å². The number of rotatable bonds is 5. The van der Waals surface area contributed by atoms with Crippen LogP contribution in [0.1, 0.15) is 24.6 Å². The molecule has 1 aliphatic rings. The van der Waals surface area contributed by atoms with Gasteiger partial charge in [-0.1, -0.05) is 13.0 Å². The lowest BCUT2D eigenvalue weighted by Crippen LogP contribution is -2.38. The number of aromatic hydroxyl groups is 1. The van der Waals surface area contributed by atoms with Gasteiger partial charge in [-0.25, -0.2) is 14.2 Å². The van der Waals surface area contributed by atoms with Crippen LogP contribution < -0.4 is 5.32 Å². The number of phenols is 1. The topological polar surface area (TPSA) is 130 Å². The molecule has 0 radical (unpaired) electrons. The Morgan fingerprint density at radius 1 is 1.32 bits per heavy atom. The molecule has 1 atom stereocenters. The molecule has 2 aromatic heterocycles. The highest BCUT2D eigenvalue weighted by atomic mass is 19.1. The van der Waals surface area contributed by atoms with Gasteiger partial charge in [0.25, 0.3) is 0 Å². The molecule has 4 aromatic rings. The molecule has 0 unspecified atom stereocenters. The second-order valence-electron chi connectivity index (χ2n) is 8.43. The maximum Gasteiger partial charge on any atom is 0.317 e. The third kappa shape index (κ3) is 4.08. The minimum absolute atomic E-state index is 0.226. The van der Waals surface area contributed by atoms with E-state index in [4.69, 9.17) is 0 Å². The number of likely N-dealkylation sites (tertiary alicyclic amines) is 1. The van der Waals surface area contributed by atoms with Gasteiger partial charge < -0.3 is 25.4 Å². The van der Waals surface area contributed by atoms with Crippen molar-refractivity contribution in [2.45, 2.75) is 32.4 Å². The minimum atomic E-state index is -0.659. The summed E-state index contributed by atoms with van der Waals surface area (Å²) in [7, 11) is 0. The number of urea groups is 1. The predicted octanol–water partition coefficient (Wildman–Crippen LogP) is 3.30. The van der Waals surface area contributed by atoms with E-state index in [9.17, 15) is 19.4 Å². The van der Waals surface area contributed by atoms with Gasteiger partial charge in [-0.2, -0.15) is 5.10 Å². The first kappa shape index (κ1) is 21.9. The fourth-order valence-electron chi connectivity index (χ4n) is 4.31. The summed E-state index contributed by atoms with van der Waals surface area (Å²) >= 11 is 0. The fourth-order valence-corrected chi connectivity index (χ4v) is 4.31. The zero-order valence-corrected chi connectivity index (χ0v) is 18.6. The van der Waals surface area contributed by atoms with Crippen molar-refractivity contribution in [1.29, 1.82) is 0 Å². The first-order valence-electron chi connectivity index (χ1n) is 11.2. The van der Waals surface area contributed by atoms with Crippen LogP contribution in [0.3, 0.4) is 0 Å². The Morgan fingerprint density at radius 2 is 2.18 bits per heavy atom. The molecule has 1 fully saturated rings. The Kier molecular flexibility index (Phi) is 5.66. The average molecular weight is 465 g/mol. The number of carbonyl (C=O) groups excluding carboxylic acids is 1. The summed E-state index contributed by atoms with van der Waals surface area (Å²) < 4.78 is 14.0. The van der Waals surface area contributed by atoms with Gasteiger partial charge in [-0.05, 0) is 53.8 Å². The number of hydrogen-bond acceptors (Lipinski definition) is 5. The number of aliphatic hydroxyl groups excluding tert-OH is 1. The number of H-pyrrole nitrogens is 2. The van der Waals surface area contributed by atoms with Crippen molar-refractivity contribution in [2.75, 3.05) is 13.1 Å². The summed E-state index contributed by atoms with van der Waals surface area (Å²) in [5, 5.41) is 30.4. The molecule has 0 bridgehead atoms. The van der Waals surface area contributed by atoms with Gasteiger partial charge in [0.15, 0.2) is 17.4 Å². The molecule has 10 heteroatoms. The van der Waals surface area contributed by atoms with Gasteiger partial charge in [0.2, 0.25) is 0 Å². The zero-order chi connectivity index (χ0) is 23.8. The summed E-state index contributed by atoms with van der Waals surface area (Å²) in [6.07, 6.45) is 2.50. The number of halogens is 1. The molecule has 34 heavy (non-hydrogen) atoms. The second kappa shape index (κ2) is 8.79. The number of hydrogen-bond donors (Lipinski definition) is 5. The molecule has 5 N–H and O–H groups in total. The van der Waals surface area contributed by atoms with E-state index in [1.165, 1.54) is 12.1 Å². The Bertz CT molecular complexity index is 1360. The first-order chi connectivity index (χ1) is 16.4. The maximum absolute atomic E-state index is 14.0. The third-order valence-corrected chi connectivity index (χ3v) is 6.15. The predicted molar refractivity (Wildman–Crippen MR) is 125 cm³/mol. The van der Waals surface area contributed by atoms with Gasteiger partial charge >= 0.3 is 6.03 Å². The summed E-state index contributed by atoms with van der Waals surface area (Å²) in [6, 6.07) is 8.27. The molecule has 1 aliphatic heterocycles. The molecule has 0 spiro atoms. The first-order valence-corrected chi connectivity index (χ1v) is 11.2. The number of carbonyl (C=O) groups is 1. The van der Waals surface area contributed by atoms with E-state index in [0.717, 1.165) is 27.6 Å². The van der Waals surface area contributed by atoms with Crippen molar-refractivity contribution in [2.24, 2.45) is 0 Å². The normalized spacial score (nSPS) is 15.9. The van der Waals surface area contributed by atoms with Crippen molar-refractivity contribution in [3.8, 4) is 28.4 Å². The van der Waals surface area contributed by atoms with Gasteiger partial charge in [0.1, 0.15) is 5.69 Å². The lowest BCUT2D eigenvalue weighted by atomic mass is 9.96. The molecule has 1 saturated heterocycles. The van der Waals surface area contributed by atoms with Crippen molar-refractivity contribution in [1.82, 2.24) is 30.4 Å². The SMILES string of the molecule is CCc1cc(O)c(F)cc1-c1ccc2c(-c3nc(CNC(=O)N4CC[C@@H](O)C4)c[nH]3)n[nH]c2c1. The van der Waals surface area contributed by atoms with Crippen LogP contribution in [0.25, 0.3) is 33.5 Å². The van der Waals surface area contributed by atoms with E-state index in [0.29, 0.717) is 43.1 Å². The number of nitrogens with zero attached hydrogens (tertiary/aromatic N) is 3. The van der Waals surface area contributed by atoms with Crippen molar-refractivity contribution < 1.29 is 19.4 Å². The minimum Gasteiger partial charge on any atom is -0.505 e. The van der Waals surface area contributed by atoms with Gasteiger partial charge in [-0.3, -0.25) is 5.10 Å². The lowest BCUT2D eigenvalue weighted by Gasteiger charge is -2.15. The molecular weight excluding hydrogens is 439 g/mol. The Hall–Kier alpha value is -3.92. The van der Waals surface area contributed by atoms with Crippen LogP contribution in [0.2, 0.25) is 0 Å². The Morgan fingerprint density at radius 3 is 2.94 bits per heavy atom. The highest BCUT2D eigenvalue weighted by Gasteiger charge is 2.24. The highest BCUT2D eigenvalue weighted by molar-refractivity contribution is 5.94. The van der Waals surface area contributed by atoms with Crippen LogP contribution in [0.15, 0.2) is 36.5 Å². The lowest BCUT2D eigenvalue weighted by molar-refractivity contribution is 0.171. The second-order valence-corrected chi connectivity index (χ2v) is 8.43. The number of aromatic amines is 2. The van der Waals surface area contributed by atoms with Crippen molar-refractivity contribution in [3.05, 3.63) is 53.6 Å². The van der Waals surface area contributed by atoms with E-state index in [1.54, 1.807) is 11.1 Å². The van der Waals surface area contributed by atoms with Crippen LogP contribution in [-0.4, -0.2) is 60.5 Å². The number of nitrogens with one attached hydrogen (secondary N) is 3. The number of benzene rings is 2. The molecular formula is C24H25FN6O3. The summed E-state index contributed by atoms with van der Waals surface area (Å²) in [6.45, 7) is 3.08. The molecule has 5 rings (SSSR count). The Labute approximate surface area is 194 Å². The van der Waals surface area contributed by atoms with E-state index < -0.39 is 11.9 Å². The Balaban J connectivity index is 1.35. The average Bonchev–Trinajstić information content (AvgIpc) is 3.57. The fraction of sp³-hybridized carbons (Fsp3) is 0.292. The number of β-amino-alcohol motifs (C(OH)–C–C–N with tert-alkyl or cyclic N) is 1.